The van der Waals surface area contributed by atoms with E-state index in [1.807, 2.05) is 4.52 Å². The van der Waals surface area contributed by atoms with E-state index in [0.717, 1.165) is 34.3 Å². The zero-order valence-corrected chi connectivity index (χ0v) is 13.7. The van der Waals surface area contributed by atoms with Gasteiger partial charge in [-0.05, 0) is 6.92 Å². The molecule has 0 aliphatic heterocycles. The second-order valence-electron chi connectivity index (χ2n) is 3.99. The van der Waals surface area contributed by atoms with Crippen molar-refractivity contribution < 1.29 is 28.5 Å². The number of pyridine rings is 1. The predicted octanol–water partition coefficient (Wildman–Crippen LogP) is -1.27. The van der Waals surface area contributed by atoms with E-state index in [1.165, 1.54) is 0 Å². The van der Waals surface area contributed by atoms with Crippen molar-refractivity contribution in [3.05, 3.63) is 30.4 Å². The number of hydrogen-bond donors (Lipinski definition) is 0. The summed E-state index contributed by atoms with van der Waals surface area (Å²) in [4.78, 5) is 0.856. The maximum absolute atomic E-state index is 4.57. The molecule has 0 N–H and O–H groups in total. The lowest BCUT2D eigenvalue weighted by atomic mass is 10.3. The van der Waals surface area contributed by atoms with Gasteiger partial charge in [-0.3, -0.25) is 0 Å². The van der Waals surface area contributed by atoms with Gasteiger partial charge in [0, 0.05) is 24.1 Å². The molecule has 7 heteroatoms. The van der Waals surface area contributed by atoms with Gasteiger partial charge in [-0.25, -0.2) is 4.57 Å². The van der Waals surface area contributed by atoms with Crippen LogP contribution in [0.3, 0.4) is 0 Å². The number of nitrogens with zero attached hydrogens (tertiary/aromatic N) is 5. The van der Waals surface area contributed by atoms with Crippen molar-refractivity contribution >= 4 is 16.3 Å². The Balaban J connectivity index is 0.00000133. The molecular formula is C12H14IN5S. The third kappa shape index (κ3) is 2.62. The maximum Gasteiger partial charge on any atom is 0.234 e. The summed E-state index contributed by atoms with van der Waals surface area (Å²) in [5, 5.41) is 13.8. The van der Waals surface area contributed by atoms with Gasteiger partial charge in [-0.2, -0.15) is 9.61 Å². The van der Waals surface area contributed by atoms with Crippen molar-refractivity contribution in [1.82, 2.24) is 19.8 Å². The van der Waals surface area contributed by atoms with Crippen LogP contribution in [0, 0.1) is 0 Å². The zero-order valence-electron chi connectivity index (χ0n) is 10.7. The van der Waals surface area contributed by atoms with Gasteiger partial charge >= 0.3 is 0 Å². The third-order valence-electron chi connectivity index (χ3n) is 2.87. The topological polar surface area (TPSA) is 47.0 Å². The highest BCUT2D eigenvalue weighted by atomic mass is 127. The van der Waals surface area contributed by atoms with Gasteiger partial charge in [-0.1, -0.05) is 18.3 Å². The summed E-state index contributed by atoms with van der Waals surface area (Å²) in [7, 11) is 0. The minimum Gasteiger partial charge on any atom is -1.00 e. The first-order valence-corrected chi connectivity index (χ1v) is 6.84. The monoisotopic (exact) mass is 387 g/mol. The van der Waals surface area contributed by atoms with Gasteiger partial charge in [0.15, 0.2) is 18.2 Å². The first-order valence-electron chi connectivity index (χ1n) is 6.02. The molecule has 0 saturated heterocycles. The van der Waals surface area contributed by atoms with Crippen molar-refractivity contribution in [3.63, 3.8) is 0 Å². The van der Waals surface area contributed by atoms with Crippen LogP contribution >= 0.6 is 11.3 Å². The van der Waals surface area contributed by atoms with E-state index in [9.17, 15) is 0 Å². The van der Waals surface area contributed by atoms with Crippen molar-refractivity contribution in [1.29, 1.82) is 0 Å². The second-order valence-corrected chi connectivity index (χ2v) is 4.94. The minimum absolute atomic E-state index is 0. The molecule has 3 rings (SSSR count). The number of aromatic nitrogens is 5. The molecule has 3 heterocycles. The molecule has 0 aromatic carbocycles. The van der Waals surface area contributed by atoms with Crippen LogP contribution in [0.2, 0.25) is 0 Å². The molecule has 100 valence electrons. The first kappa shape index (κ1) is 14.3. The average molecular weight is 387 g/mol. The largest absolute Gasteiger partial charge is 1.00 e. The summed E-state index contributed by atoms with van der Waals surface area (Å²) in [6.07, 6.45) is 4.98. The van der Waals surface area contributed by atoms with Crippen molar-refractivity contribution in [2.45, 2.75) is 26.8 Å². The Bertz CT molecular complexity index is 673. The lowest BCUT2D eigenvalue weighted by Gasteiger charge is -1.94. The van der Waals surface area contributed by atoms with Crippen LogP contribution in [0.5, 0.6) is 0 Å². The van der Waals surface area contributed by atoms with E-state index in [-0.39, 0.29) is 24.0 Å². The van der Waals surface area contributed by atoms with E-state index in [0.29, 0.717) is 0 Å². The number of hydrogen-bond acceptors (Lipinski definition) is 4. The third-order valence-corrected chi connectivity index (χ3v) is 3.82. The summed E-state index contributed by atoms with van der Waals surface area (Å²) < 4.78 is 3.96. The van der Waals surface area contributed by atoms with E-state index >= 15 is 0 Å². The van der Waals surface area contributed by atoms with Crippen LogP contribution in [0.25, 0.3) is 15.5 Å². The van der Waals surface area contributed by atoms with Crippen LogP contribution in [-0.2, 0) is 13.0 Å². The van der Waals surface area contributed by atoms with Crippen molar-refractivity contribution in [2.24, 2.45) is 0 Å². The van der Waals surface area contributed by atoms with Gasteiger partial charge < -0.3 is 24.0 Å². The van der Waals surface area contributed by atoms with E-state index in [1.54, 1.807) is 11.3 Å². The number of rotatable bonds is 3. The molecule has 5 nitrogen and oxygen atoms in total. The lowest BCUT2D eigenvalue weighted by Crippen LogP contribution is -3.00. The standard InChI is InChI=1S/C12H14N5S.HI/c1-3-10-13-14-12-17(10)15-11(18-12)9-5-7-16(4-2)8-6-9;/h5-8H,3-4H2,1-2H3;1H/q+1;/p-1. The van der Waals surface area contributed by atoms with Crippen LogP contribution in [0.1, 0.15) is 19.7 Å². The van der Waals surface area contributed by atoms with Gasteiger partial charge in [0.2, 0.25) is 4.96 Å². The normalized spacial score (nSPS) is 10.6. The fraction of sp³-hybridized carbons (Fsp3) is 0.333. The van der Waals surface area contributed by atoms with E-state index in [4.69, 9.17) is 0 Å². The van der Waals surface area contributed by atoms with Crippen LogP contribution in [0.4, 0.5) is 0 Å². The molecule has 0 bridgehead atoms. The quantitative estimate of drug-likeness (QED) is 0.416. The Labute approximate surface area is 132 Å². The highest BCUT2D eigenvalue weighted by molar-refractivity contribution is 7.19. The summed E-state index contributed by atoms with van der Waals surface area (Å²) in [6, 6.07) is 4.17. The van der Waals surface area contributed by atoms with Gasteiger partial charge in [0.25, 0.3) is 0 Å². The molecule has 0 fully saturated rings. The zero-order chi connectivity index (χ0) is 12.5. The lowest BCUT2D eigenvalue weighted by molar-refractivity contribution is -0.693. The van der Waals surface area contributed by atoms with Crippen molar-refractivity contribution in [2.75, 3.05) is 0 Å². The molecule has 0 aliphatic carbocycles. The fourth-order valence-corrected chi connectivity index (χ4v) is 2.67. The molecule has 19 heavy (non-hydrogen) atoms. The number of halogens is 1. The molecule has 3 aromatic heterocycles. The molecule has 0 radical (unpaired) electrons. The van der Waals surface area contributed by atoms with Gasteiger partial charge in [0.1, 0.15) is 11.6 Å². The Kier molecular flexibility index (Phi) is 4.46. The Morgan fingerprint density at radius 3 is 2.58 bits per heavy atom. The summed E-state index contributed by atoms with van der Waals surface area (Å²) >= 11 is 1.57. The SMILES string of the molecule is CCc1nnc2sc(-c3cc[n+](CC)cc3)nn12.[I-]. The second kappa shape index (κ2) is 5.91. The molecular weight excluding hydrogens is 373 g/mol. The van der Waals surface area contributed by atoms with E-state index in [2.05, 4.69) is 58.2 Å². The van der Waals surface area contributed by atoms with Gasteiger partial charge in [0.05, 0.1) is 0 Å². The summed E-state index contributed by atoms with van der Waals surface area (Å²) in [6.45, 7) is 5.16. The Hall–Kier alpha value is -1.09. The summed E-state index contributed by atoms with van der Waals surface area (Å²) in [5.41, 5.74) is 1.12. The van der Waals surface area contributed by atoms with E-state index < -0.39 is 0 Å². The minimum atomic E-state index is 0. The molecule has 0 atom stereocenters. The molecule has 0 unspecified atom stereocenters. The van der Waals surface area contributed by atoms with Gasteiger partial charge in [-0.15, -0.1) is 10.2 Å². The molecule has 0 saturated carbocycles. The highest BCUT2D eigenvalue weighted by Crippen LogP contribution is 2.24. The smallest absolute Gasteiger partial charge is 0.234 e. The van der Waals surface area contributed by atoms with Crippen LogP contribution < -0.4 is 28.5 Å². The average Bonchev–Trinajstić information content (AvgIpc) is 2.98. The number of aryl methyl sites for hydroxylation is 2. The Morgan fingerprint density at radius 1 is 1.21 bits per heavy atom. The fourth-order valence-electron chi connectivity index (χ4n) is 1.81. The predicted molar refractivity (Wildman–Crippen MR) is 69.3 cm³/mol. The molecule has 0 amide bonds. The molecule has 0 spiro atoms. The Morgan fingerprint density at radius 2 is 1.95 bits per heavy atom. The first-order chi connectivity index (χ1) is 8.81. The maximum atomic E-state index is 4.57. The molecule has 3 aromatic rings. The highest BCUT2D eigenvalue weighted by Gasteiger charge is 2.12. The molecule has 0 aliphatic rings. The van der Waals surface area contributed by atoms with Crippen molar-refractivity contribution in [3.8, 4) is 10.6 Å². The van der Waals surface area contributed by atoms with Crippen LogP contribution in [0.15, 0.2) is 24.5 Å². The summed E-state index contributed by atoms with van der Waals surface area (Å²) in [5.74, 6) is 0.909. The number of fused-ring (bicyclic) bond motifs is 1. The van der Waals surface area contributed by atoms with Crippen LogP contribution in [-0.4, -0.2) is 19.8 Å².